The van der Waals surface area contributed by atoms with Crippen LogP contribution in [0.5, 0.6) is 0 Å². The van der Waals surface area contributed by atoms with Gasteiger partial charge in [0.2, 0.25) is 0 Å². The minimum atomic E-state index is -0.819. The van der Waals surface area contributed by atoms with E-state index < -0.39 is 11.7 Å². The molecule has 4 atom stereocenters. The average Bonchev–Trinajstić information content (AvgIpc) is 3.29. The lowest BCUT2D eigenvalue weighted by atomic mass is 9.64. The summed E-state index contributed by atoms with van der Waals surface area (Å²) in [4.78, 5) is 16.9. The van der Waals surface area contributed by atoms with Gasteiger partial charge in [0.25, 0.3) is 0 Å². The maximum Gasteiger partial charge on any atom is 0.193 e. The first kappa shape index (κ1) is 31.0. The number of β-amino-alcohol motifs (C(OH)–C–C–N with tert-alkyl or cyclic N) is 1. The highest BCUT2D eigenvalue weighted by atomic mass is 16.3. The maximum atomic E-state index is 14.4. The van der Waals surface area contributed by atoms with E-state index in [-0.39, 0.29) is 17.1 Å². The van der Waals surface area contributed by atoms with Gasteiger partial charge in [-0.25, -0.2) is 0 Å². The van der Waals surface area contributed by atoms with Crippen LogP contribution in [-0.4, -0.2) is 52.2 Å². The normalized spacial score (nSPS) is 28.2. The molecule has 1 heterocycles. The molecule has 4 unspecified atom stereocenters. The molecule has 1 saturated carbocycles. The van der Waals surface area contributed by atoms with Crippen molar-refractivity contribution in [3.8, 4) is 11.1 Å². The second-order valence-electron chi connectivity index (χ2n) is 14.1. The van der Waals surface area contributed by atoms with Crippen LogP contribution in [0.15, 0.2) is 84.4 Å². The molecule has 232 valence electrons. The van der Waals surface area contributed by atoms with E-state index in [1.165, 1.54) is 24.8 Å². The Hall–Kier alpha value is -3.05. The van der Waals surface area contributed by atoms with Gasteiger partial charge in [0.1, 0.15) is 0 Å². The van der Waals surface area contributed by atoms with E-state index in [2.05, 4.69) is 49.1 Å². The molecule has 0 amide bonds. The second kappa shape index (κ2) is 13.1. The van der Waals surface area contributed by atoms with Gasteiger partial charge in [-0.1, -0.05) is 91.7 Å². The molecule has 3 aliphatic carbocycles. The number of nitrogens with zero attached hydrogens (tertiary/aromatic N) is 1. The van der Waals surface area contributed by atoms with E-state index in [1.807, 2.05) is 48.5 Å². The number of likely N-dealkylation sites (tertiary alicyclic amines) is 1. The SMILES string of the molecule is CC1=CCCC2(C)C(CCC2(O)CN2CCCCC2)c2ccc(cc2C(=O)c2ccc(-c3ccccc3)cc2)CC(O)CC1. The number of fused-ring (bicyclic) bond motifs is 8. The number of piperidine rings is 1. The molecule has 4 heteroatoms. The number of carbonyl (C=O) groups is 1. The maximum absolute atomic E-state index is 14.4. The van der Waals surface area contributed by atoms with Crippen LogP contribution in [0.4, 0.5) is 0 Å². The fourth-order valence-corrected chi connectivity index (χ4v) is 8.28. The van der Waals surface area contributed by atoms with Crippen LogP contribution in [0.1, 0.15) is 105 Å². The van der Waals surface area contributed by atoms with Gasteiger partial charge in [0.15, 0.2) is 5.78 Å². The van der Waals surface area contributed by atoms with Gasteiger partial charge in [-0.2, -0.15) is 0 Å². The molecule has 44 heavy (non-hydrogen) atoms. The Morgan fingerprint density at radius 1 is 0.909 bits per heavy atom. The third-order valence-electron chi connectivity index (χ3n) is 11.1. The van der Waals surface area contributed by atoms with E-state index >= 15 is 0 Å². The first-order valence-corrected chi connectivity index (χ1v) is 16.9. The third-order valence-corrected chi connectivity index (χ3v) is 11.1. The molecule has 0 radical (unpaired) electrons. The number of rotatable bonds is 5. The molecular formula is C40H49NO3. The summed E-state index contributed by atoms with van der Waals surface area (Å²) in [6, 6.07) is 24.5. The number of aliphatic hydroxyl groups is 2. The van der Waals surface area contributed by atoms with Crippen LogP contribution < -0.4 is 0 Å². The molecule has 1 saturated heterocycles. The van der Waals surface area contributed by atoms with Crippen molar-refractivity contribution in [1.29, 1.82) is 0 Å². The highest BCUT2D eigenvalue weighted by Gasteiger charge is 2.57. The number of ketones is 1. The number of benzene rings is 3. The zero-order chi connectivity index (χ0) is 30.7. The van der Waals surface area contributed by atoms with Crippen molar-refractivity contribution in [2.45, 2.75) is 95.7 Å². The predicted octanol–water partition coefficient (Wildman–Crippen LogP) is 8.11. The second-order valence-corrected chi connectivity index (χ2v) is 14.1. The molecule has 7 rings (SSSR count). The summed E-state index contributed by atoms with van der Waals surface area (Å²) >= 11 is 0. The third kappa shape index (κ3) is 6.36. The average molecular weight is 592 g/mol. The summed E-state index contributed by atoms with van der Waals surface area (Å²) in [5.41, 5.74) is 5.77. The van der Waals surface area contributed by atoms with Gasteiger partial charge < -0.3 is 15.1 Å². The topological polar surface area (TPSA) is 60.8 Å². The largest absolute Gasteiger partial charge is 0.393 e. The van der Waals surface area contributed by atoms with Gasteiger partial charge in [0.05, 0.1) is 11.7 Å². The zero-order valence-electron chi connectivity index (χ0n) is 26.6. The van der Waals surface area contributed by atoms with Gasteiger partial charge in [-0.3, -0.25) is 4.79 Å². The van der Waals surface area contributed by atoms with Gasteiger partial charge in [0, 0.05) is 23.1 Å². The lowest BCUT2D eigenvalue weighted by Gasteiger charge is -2.46. The number of hydrogen-bond donors (Lipinski definition) is 2. The minimum absolute atomic E-state index is 0.0209. The van der Waals surface area contributed by atoms with E-state index in [1.54, 1.807) is 0 Å². The Balaban J connectivity index is 1.40. The highest BCUT2D eigenvalue weighted by Crippen LogP contribution is 2.59. The Bertz CT molecular complexity index is 1470. The van der Waals surface area contributed by atoms with E-state index in [0.29, 0.717) is 24.9 Å². The molecule has 1 aliphatic heterocycles. The number of carbonyl (C=O) groups excluding carboxylic acids is 1. The summed E-state index contributed by atoms with van der Waals surface area (Å²) in [6.45, 7) is 7.28. The van der Waals surface area contributed by atoms with Crippen molar-refractivity contribution in [3.63, 3.8) is 0 Å². The Kier molecular flexibility index (Phi) is 9.23. The summed E-state index contributed by atoms with van der Waals surface area (Å²) in [6.07, 6.45) is 11.0. The molecule has 2 bridgehead atoms. The molecule has 0 aromatic heterocycles. The predicted molar refractivity (Wildman–Crippen MR) is 179 cm³/mol. The van der Waals surface area contributed by atoms with Gasteiger partial charge in [-0.15, -0.1) is 0 Å². The number of hydrogen-bond acceptors (Lipinski definition) is 4. The molecule has 2 fully saturated rings. The van der Waals surface area contributed by atoms with Crippen molar-refractivity contribution in [2.24, 2.45) is 5.41 Å². The fraction of sp³-hybridized carbons (Fsp3) is 0.475. The van der Waals surface area contributed by atoms with Crippen molar-refractivity contribution in [1.82, 2.24) is 4.90 Å². The molecule has 2 N–H and O–H groups in total. The monoisotopic (exact) mass is 591 g/mol. The molecule has 0 spiro atoms. The van der Waals surface area contributed by atoms with E-state index in [0.717, 1.165) is 73.0 Å². The molecular weight excluding hydrogens is 542 g/mol. The van der Waals surface area contributed by atoms with Crippen molar-refractivity contribution in [2.75, 3.05) is 19.6 Å². The van der Waals surface area contributed by atoms with Gasteiger partial charge in [-0.05, 0) is 112 Å². The lowest BCUT2D eigenvalue weighted by Crippen LogP contribution is -2.53. The zero-order valence-corrected chi connectivity index (χ0v) is 26.6. The summed E-state index contributed by atoms with van der Waals surface area (Å²) in [7, 11) is 0. The van der Waals surface area contributed by atoms with Crippen LogP contribution >= 0.6 is 0 Å². The molecule has 4 nitrogen and oxygen atoms in total. The van der Waals surface area contributed by atoms with Crippen LogP contribution in [0.25, 0.3) is 11.1 Å². The van der Waals surface area contributed by atoms with Crippen molar-refractivity contribution < 1.29 is 15.0 Å². The first-order chi connectivity index (χ1) is 21.3. The van der Waals surface area contributed by atoms with Crippen LogP contribution in [0.2, 0.25) is 0 Å². The van der Waals surface area contributed by atoms with Crippen LogP contribution in [-0.2, 0) is 6.42 Å². The van der Waals surface area contributed by atoms with Crippen LogP contribution in [0.3, 0.4) is 0 Å². The quantitative estimate of drug-likeness (QED) is 0.232. The van der Waals surface area contributed by atoms with Crippen molar-refractivity contribution in [3.05, 3.63) is 107 Å². The molecule has 3 aromatic carbocycles. The smallest absolute Gasteiger partial charge is 0.193 e. The minimum Gasteiger partial charge on any atom is -0.393 e. The fourth-order valence-electron chi connectivity index (χ4n) is 8.28. The lowest BCUT2D eigenvalue weighted by molar-refractivity contribution is -0.0857. The Morgan fingerprint density at radius 3 is 2.39 bits per heavy atom. The highest BCUT2D eigenvalue weighted by molar-refractivity contribution is 6.10. The summed E-state index contributed by atoms with van der Waals surface area (Å²) in [5.74, 6) is 0.0862. The molecule has 3 aromatic rings. The Labute approximate surface area is 263 Å². The van der Waals surface area contributed by atoms with Crippen LogP contribution in [0, 0.1) is 5.41 Å². The number of aliphatic hydroxyl groups excluding tert-OH is 1. The first-order valence-electron chi connectivity index (χ1n) is 16.9. The van der Waals surface area contributed by atoms with E-state index in [9.17, 15) is 15.0 Å². The summed E-state index contributed by atoms with van der Waals surface area (Å²) in [5, 5.41) is 23.5. The number of allylic oxidation sites excluding steroid dienone is 2. The standard InChI is InChI=1S/C40H49NO3/c1-29-10-9-22-39(2)37(21-23-40(39,44)28-41-24-7-4-8-25-41)35-20-14-30(26-34(42)19-13-29)27-36(35)38(43)33-17-15-32(16-18-33)31-11-5-3-6-12-31/h3,5-6,10-12,14-18,20,27,34,37,42,44H,4,7-9,13,19,21-26,28H2,1-2H3. The summed E-state index contributed by atoms with van der Waals surface area (Å²) < 4.78 is 0. The Morgan fingerprint density at radius 2 is 1.64 bits per heavy atom. The molecule has 4 aliphatic rings. The van der Waals surface area contributed by atoms with Crippen molar-refractivity contribution >= 4 is 5.78 Å². The van der Waals surface area contributed by atoms with E-state index in [4.69, 9.17) is 0 Å². The van der Waals surface area contributed by atoms with Gasteiger partial charge >= 0.3 is 0 Å².